The van der Waals surface area contributed by atoms with E-state index in [0.717, 1.165) is 37.7 Å². The Morgan fingerprint density at radius 1 is 1.29 bits per heavy atom. The first kappa shape index (κ1) is 21.1. The second kappa shape index (κ2) is 10.2. The van der Waals surface area contributed by atoms with Crippen LogP contribution < -0.4 is 10.6 Å². The van der Waals surface area contributed by atoms with Gasteiger partial charge in [0, 0.05) is 38.4 Å². The second-order valence-electron chi connectivity index (χ2n) is 7.33. The minimum Gasteiger partial charge on any atom is -0.373 e. The normalized spacial score (nSPS) is 23.5. The first-order valence-electron chi connectivity index (χ1n) is 10.1. The van der Waals surface area contributed by atoms with Crippen LogP contribution in [0.1, 0.15) is 37.6 Å². The van der Waals surface area contributed by atoms with Crippen molar-refractivity contribution in [3.63, 3.8) is 0 Å². The molecule has 3 atom stereocenters. The van der Waals surface area contributed by atoms with Gasteiger partial charge in [-0.25, -0.2) is 4.98 Å². The highest BCUT2D eigenvalue weighted by Crippen LogP contribution is 2.34. The Labute approximate surface area is 184 Å². The first-order chi connectivity index (χ1) is 13.3. The van der Waals surface area contributed by atoms with E-state index in [1.165, 1.54) is 18.4 Å². The van der Waals surface area contributed by atoms with Crippen molar-refractivity contribution in [3.8, 4) is 0 Å². The molecule has 2 aliphatic rings. The second-order valence-corrected chi connectivity index (χ2v) is 7.33. The van der Waals surface area contributed by atoms with E-state index in [2.05, 4.69) is 51.4 Å². The minimum atomic E-state index is 0. The summed E-state index contributed by atoms with van der Waals surface area (Å²) >= 11 is 0. The first-order valence-corrected chi connectivity index (χ1v) is 10.1. The van der Waals surface area contributed by atoms with Crippen LogP contribution in [0.25, 0.3) is 0 Å². The van der Waals surface area contributed by atoms with Gasteiger partial charge in [0.1, 0.15) is 5.82 Å². The predicted octanol–water partition coefficient (Wildman–Crippen LogP) is 2.97. The summed E-state index contributed by atoms with van der Waals surface area (Å²) in [7, 11) is 0. The van der Waals surface area contributed by atoms with Crippen LogP contribution in [0, 0.1) is 0 Å². The van der Waals surface area contributed by atoms with Gasteiger partial charge < -0.3 is 19.9 Å². The monoisotopic (exact) mass is 495 g/mol. The molecule has 152 valence electrons. The Morgan fingerprint density at radius 3 is 2.86 bits per heavy atom. The maximum absolute atomic E-state index is 5.94. The molecule has 6 nitrogen and oxygen atoms in total. The summed E-state index contributed by atoms with van der Waals surface area (Å²) in [6.45, 7) is 4.51. The van der Waals surface area contributed by atoms with Gasteiger partial charge >= 0.3 is 0 Å². The molecular weight excluding hydrogens is 465 g/mol. The predicted molar refractivity (Wildman–Crippen MR) is 122 cm³/mol. The largest absolute Gasteiger partial charge is 0.373 e. The molecule has 0 radical (unpaired) electrons. The molecule has 0 saturated carbocycles. The Morgan fingerprint density at radius 2 is 2.14 bits per heavy atom. The number of halogens is 1. The summed E-state index contributed by atoms with van der Waals surface area (Å²) in [5.41, 5.74) is 1.28. The molecule has 2 N–H and O–H groups in total. The molecular formula is C21H30IN5O. The molecule has 1 aromatic carbocycles. The Balaban J connectivity index is 0.00000225. The molecule has 2 fully saturated rings. The van der Waals surface area contributed by atoms with Crippen molar-refractivity contribution >= 4 is 29.9 Å². The van der Waals surface area contributed by atoms with Gasteiger partial charge in [-0.1, -0.05) is 30.3 Å². The van der Waals surface area contributed by atoms with Gasteiger partial charge in [0.05, 0.1) is 18.2 Å². The average molecular weight is 495 g/mol. The van der Waals surface area contributed by atoms with Crippen LogP contribution in [0.2, 0.25) is 0 Å². The van der Waals surface area contributed by atoms with E-state index in [0.29, 0.717) is 24.8 Å². The summed E-state index contributed by atoms with van der Waals surface area (Å²) in [5, 5.41) is 6.93. The molecule has 3 unspecified atom stereocenters. The summed E-state index contributed by atoms with van der Waals surface area (Å²) in [6, 6.07) is 10.9. The lowest BCUT2D eigenvalue weighted by molar-refractivity contribution is 0.0992. The van der Waals surface area contributed by atoms with Crippen molar-refractivity contribution in [2.24, 2.45) is 4.99 Å². The fraction of sp³-hybridized carbons (Fsp3) is 0.524. The number of fused-ring (bicyclic) bond motifs is 2. The molecule has 2 aliphatic heterocycles. The number of hydrogen-bond donors (Lipinski definition) is 2. The maximum Gasteiger partial charge on any atom is 0.191 e. The number of rotatable bonds is 7. The van der Waals surface area contributed by atoms with Gasteiger partial charge in [0.25, 0.3) is 0 Å². The third-order valence-corrected chi connectivity index (χ3v) is 5.38. The highest BCUT2D eigenvalue weighted by Gasteiger charge is 2.41. The number of guanidine groups is 1. The third-order valence-electron chi connectivity index (χ3n) is 5.38. The number of nitrogens with zero attached hydrogens (tertiary/aromatic N) is 3. The molecule has 2 aromatic rings. The molecule has 2 bridgehead atoms. The number of nitrogens with one attached hydrogen (secondary N) is 2. The minimum absolute atomic E-state index is 0. The summed E-state index contributed by atoms with van der Waals surface area (Å²) in [6.07, 6.45) is 9.00. The lowest BCUT2D eigenvalue weighted by Gasteiger charge is -2.22. The van der Waals surface area contributed by atoms with Crippen molar-refractivity contribution in [2.45, 2.75) is 57.4 Å². The quantitative estimate of drug-likeness (QED) is 0.352. The Bertz CT molecular complexity index is 763. The summed E-state index contributed by atoms with van der Waals surface area (Å²) in [4.78, 5) is 9.29. The van der Waals surface area contributed by atoms with E-state index in [-0.39, 0.29) is 24.0 Å². The number of hydrogen-bond acceptors (Lipinski definition) is 3. The van der Waals surface area contributed by atoms with Crippen molar-refractivity contribution < 1.29 is 4.74 Å². The molecule has 2 saturated heterocycles. The molecule has 4 rings (SSSR count). The van der Waals surface area contributed by atoms with E-state index in [1.54, 1.807) is 0 Å². The van der Waals surface area contributed by atoms with Crippen LogP contribution in [0.4, 0.5) is 0 Å². The topological polar surface area (TPSA) is 63.5 Å². The maximum atomic E-state index is 5.94. The van der Waals surface area contributed by atoms with Crippen LogP contribution >= 0.6 is 24.0 Å². The molecule has 1 aromatic heterocycles. The smallest absolute Gasteiger partial charge is 0.191 e. The van der Waals surface area contributed by atoms with Crippen LogP contribution in [0.15, 0.2) is 47.7 Å². The van der Waals surface area contributed by atoms with Crippen LogP contribution in [0.3, 0.4) is 0 Å². The van der Waals surface area contributed by atoms with Gasteiger partial charge in [-0.3, -0.25) is 4.99 Å². The van der Waals surface area contributed by atoms with Crippen LogP contribution in [-0.4, -0.2) is 46.8 Å². The van der Waals surface area contributed by atoms with Gasteiger partial charge in [-0.2, -0.15) is 0 Å². The summed E-state index contributed by atoms with van der Waals surface area (Å²) in [5.74, 6) is 1.96. The highest BCUT2D eigenvalue weighted by molar-refractivity contribution is 14.0. The Kier molecular flexibility index (Phi) is 7.73. The molecule has 0 spiro atoms. The van der Waals surface area contributed by atoms with E-state index in [4.69, 9.17) is 9.73 Å². The lowest BCUT2D eigenvalue weighted by Crippen LogP contribution is -2.47. The van der Waals surface area contributed by atoms with Gasteiger partial charge in [0.15, 0.2) is 5.96 Å². The summed E-state index contributed by atoms with van der Waals surface area (Å²) < 4.78 is 8.14. The fourth-order valence-electron chi connectivity index (χ4n) is 4.05. The standard InChI is InChI=1S/C21H29N5O.HI/c1-2-22-21(25-18-14-17-8-9-19(18)27-17)24-11-10-20-23-12-13-26(20)15-16-6-4-3-5-7-16;/h3-7,12-13,17-19H,2,8-11,14-15H2,1H3,(H2,22,24,25);1H. The fourth-order valence-corrected chi connectivity index (χ4v) is 4.05. The number of aliphatic imine (C=N–C) groups is 1. The van der Waals surface area contributed by atoms with Crippen molar-refractivity contribution in [2.75, 3.05) is 13.1 Å². The van der Waals surface area contributed by atoms with Gasteiger partial charge in [-0.15, -0.1) is 24.0 Å². The SMILES string of the molecule is CCNC(=NCCc1nccn1Cc1ccccc1)NC1CC2CCC1O2.I. The molecule has 3 heterocycles. The number of imidazole rings is 1. The van der Waals surface area contributed by atoms with Crippen LogP contribution in [-0.2, 0) is 17.7 Å². The molecule has 0 aliphatic carbocycles. The zero-order valence-corrected chi connectivity index (χ0v) is 18.7. The molecule has 28 heavy (non-hydrogen) atoms. The number of aromatic nitrogens is 2. The van der Waals surface area contributed by atoms with E-state index >= 15 is 0 Å². The number of benzene rings is 1. The Hall–Kier alpha value is -1.61. The molecule has 7 heteroatoms. The molecule has 0 amide bonds. The van der Waals surface area contributed by atoms with E-state index in [1.807, 2.05) is 18.5 Å². The van der Waals surface area contributed by atoms with Crippen LogP contribution in [0.5, 0.6) is 0 Å². The van der Waals surface area contributed by atoms with Crippen molar-refractivity contribution in [3.05, 3.63) is 54.1 Å². The van der Waals surface area contributed by atoms with E-state index < -0.39 is 0 Å². The zero-order chi connectivity index (χ0) is 18.5. The average Bonchev–Trinajstić information content (AvgIpc) is 3.41. The van der Waals surface area contributed by atoms with Gasteiger partial charge in [-0.05, 0) is 31.7 Å². The lowest BCUT2D eigenvalue weighted by atomic mass is 9.96. The number of ether oxygens (including phenoxy) is 1. The third kappa shape index (κ3) is 5.26. The highest BCUT2D eigenvalue weighted by atomic mass is 127. The van der Waals surface area contributed by atoms with Crippen molar-refractivity contribution in [1.29, 1.82) is 0 Å². The van der Waals surface area contributed by atoms with Crippen molar-refractivity contribution in [1.82, 2.24) is 20.2 Å². The van der Waals surface area contributed by atoms with Gasteiger partial charge in [0.2, 0.25) is 0 Å². The van der Waals surface area contributed by atoms with E-state index in [9.17, 15) is 0 Å². The zero-order valence-electron chi connectivity index (χ0n) is 16.4.